The van der Waals surface area contributed by atoms with E-state index in [0.29, 0.717) is 6.42 Å². The van der Waals surface area contributed by atoms with Gasteiger partial charge in [0.05, 0.1) is 15.2 Å². The van der Waals surface area contributed by atoms with E-state index < -0.39 is 5.97 Å². The summed E-state index contributed by atoms with van der Waals surface area (Å²) in [4.78, 5) is 14.9. The van der Waals surface area contributed by atoms with Gasteiger partial charge in [0.25, 0.3) is 0 Å². The third kappa shape index (κ3) is 2.39. The van der Waals surface area contributed by atoms with Crippen LogP contribution in [-0.4, -0.2) is 16.1 Å². The number of nitrogens with zero attached hydrogens (tertiary/aromatic N) is 1. The molecule has 0 atom stereocenters. The van der Waals surface area contributed by atoms with Gasteiger partial charge < -0.3 is 5.11 Å². The van der Waals surface area contributed by atoms with E-state index in [-0.39, 0.29) is 6.42 Å². The maximum atomic E-state index is 10.4. The van der Waals surface area contributed by atoms with Crippen LogP contribution in [0.5, 0.6) is 0 Å². The van der Waals surface area contributed by atoms with Crippen LogP contribution >= 0.6 is 11.3 Å². The molecule has 0 amide bonds. The first-order valence-corrected chi connectivity index (χ1v) is 6.05. The number of rotatable bonds is 4. The van der Waals surface area contributed by atoms with E-state index in [1.165, 1.54) is 10.3 Å². The number of aromatic nitrogens is 1. The van der Waals surface area contributed by atoms with Crippen LogP contribution in [-0.2, 0) is 11.2 Å². The molecule has 0 saturated heterocycles. The molecule has 0 saturated carbocycles. The zero-order chi connectivity index (χ0) is 11.5. The number of hydrogen-bond acceptors (Lipinski definition) is 3. The summed E-state index contributed by atoms with van der Waals surface area (Å²) in [6.07, 6.45) is 1.63. The fraction of sp³-hybridized carbons (Fsp3) is 0.333. The van der Waals surface area contributed by atoms with Crippen molar-refractivity contribution in [2.75, 3.05) is 0 Å². The molecule has 3 nitrogen and oxygen atoms in total. The second-order valence-corrected chi connectivity index (χ2v) is 4.89. The smallest absolute Gasteiger partial charge is 0.303 e. The first kappa shape index (κ1) is 11.1. The van der Waals surface area contributed by atoms with Gasteiger partial charge in [-0.3, -0.25) is 4.79 Å². The highest BCUT2D eigenvalue weighted by molar-refractivity contribution is 7.18. The van der Waals surface area contributed by atoms with Crippen LogP contribution in [0.4, 0.5) is 0 Å². The van der Waals surface area contributed by atoms with Crippen molar-refractivity contribution in [1.29, 1.82) is 0 Å². The Labute approximate surface area is 97.8 Å². The standard InChI is InChI=1S/C12H13NO2S/c1-8-4-2-5-9-12(8)13-10(16-9)6-3-7-11(14)15/h2,4-5H,3,6-7H2,1H3,(H,14,15). The molecule has 16 heavy (non-hydrogen) atoms. The van der Waals surface area contributed by atoms with Gasteiger partial charge in [0, 0.05) is 6.42 Å². The fourth-order valence-corrected chi connectivity index (χ4v) is 2.72. The molecule has 0 unspecified atom stereocenters. The largest absolute Gasteiger partial charge is 0.481 e. The Morgan fingerprint density at radius 1 is 1.50 bits per heavy atom. The molecule has 0 radical (unpaired) electrons. The number of carboxylic acids is 1. The highest BCUT2D eigenvalue weighted by Crippen LogP contribution is 2.25. The van der Waals surface area contributed by atoms with Crippen LogP contribution in [0.3, 0.4) is 0 Å². The summed E-state index contributed by atoms with van der Waals surface area (Å²) < 4.78 is 1.19. The van der Waals surface area contributed by atoms with Gasteiger partial charge in [0.1, 0.15) is 0 Å². The minimum atomic E-state index is -0.739. The Morgan fingerprint density at radius 3 is 3.00 bits per heavy atom. The van der Waals surface area contributed by atoms with Crippen molar-refractivity contribution in [2.24, 2.45) is 0 Å². The molecule has 2 rings (SSSR count). The second kappa shape index (κ2) is 4.61. The van der Waals surface area contributed by atoms with Gasteiger partial charge in [-0.15, -0.1) is 11.3 Å². The number of carboxylic acid groups (broad SMARTS) is 1. The Bertz CT molecular complexity index is 519. The molecule has 0 aliphatic rings. The Kier molecular flexibility index (Phi) is 3.19. The zero-order valence-electron chi connectivity index (χ0n) is 9.06. The molecule has 1 heterocycles. The van der Waals surface area contributed by atoms with Gasteiger partial charge in [0.2, 0.25) is 0 Å². The number of benzene rings is 1. The van der Waals surface area contributed by atoms with Crippen molar-refractivity contribution < 1.29 is 9.90 Å². The molecule has 0 spiro atoms. The van der Waals surface area contributed by atoms with Crippen molar-refractivity contribution in [1.82, 2.24) is 4.98 Å². The van der Waals surface area contributed by atoms with Crippen LogP contribution in [0.2, 0.25) is 0 Å². The molecule has 84 valence electrons. The van der Waals surface area contributed by atoms with Gasteiger partial charge in [0.15, 0.2) is 0 Å². The highest BCUT2D eigenvalue weighted by atomic mass is 32.1. The van der Waals surface area contributed by atoms with Crippen LogP contribution in [0.25, 0.3) is 10.2 Å². The predicted molar refractivity (Wildman–Crippen MR) is 64.9 cm³/mol. The van der Waals surface area contributed by atoms with E-state index >= 15 is 0 Å². The number of fused-ring (bicyclic) bond motifs is 1. The maximum Gasteiger partial charge on any atom is 0.303 e. The molecular weight excluding hydrogens is 222 g/mol. The number of carbonyl (C=O) groups is 1. The number of thiazole rings is 1. The molecule has 0 bridgehead atoms. The van der Waals surface area contributed by atoms with Crippen molar-refractivity contribution in [3.63, 3.8) is 0 Å². The first-order chi connectivity index (χ1) is 7.66. The van der Waals surface area contributed by atoms with Crippen LogP contribution in [0.1, 0.15) is 23.4 Å². The number of aryl methyl sites for hydroxylation is 2. The lowest BCUT2D eigenvalue weighted by Crippen LogP contribution is -1.95. The van der Waals surface area contributed by atoms with Crippen molar-refractivity contribution in [3.8, 4) is 0 Å². The lowest BCUT2D eigenvalue weighted by molar-refractivity contribution is -0.137. The van der Waals surface area contributed by atoms with Gasteiger partial charge >= 0.3 is 5.97 Å². The summed E-state index contributed by atoms with van der Waals surface area (Å²) in [5.74, 6) is -0.739. The lowest BCUT2D eigenvalue weighted by Gasteiger charge is -1.92. The molecule has 2 aromatic rings. The summed E-state index contributed by atoms with van der Waals surface area (Å²) in [6, 6.07) is 6.13. The minimum absolute atomic E-state index is 0.217. The van der Waals surface area contributed by atoms with E-state index in [1.54, 1.807) is 11.3 Å². The first-order valence-electron chi connectivity index (χ1n) is 5.23. The van der Waals surface area contributed by atoms with Gasteiger partial charge in [-0.1, -0.05) is 12.1 Å². The number of para-hydroxylation sites is 1. The summed E-state index contributed by atoms with van der Waals surface area (Å²) in [7, 11) is 0. The fourth-order valence-electron chi connectivity index (χ4n) is 1.63. The summed E-state index contributed by atoms with van der Waals surface area (Å²) >= 11 is 1.66. The SMILES string of the molecule is Cc1cccc2sc(CCCC(=O)O)nc12. The monoisotopic (exact) mass is 235 g/mol. The summed E-state index contributed by atoms with van der Waals surface area (Å²) in [5.41, 5.74) is 2.23. The number of hydrogen-bond donors (Lipinski definition) is 1. The molecule has 0 aliphatic heterocycles. The average molecular weight is 235 g/mol. The molecular formula is C12H13NO2S. The quantitative estimate of drug-likeness (QED) is 0.886. The summed E-state index contributed by atoms with van der Waals surface area (Å²) in [6.45, 7) is 2.04. The third-order valence-corrected chi connectivity index (χ3v) is 3.53. The van der Waals surface area contributed by atoms with Crippen molar-refractivity contribution in [2.45, 2.75) is 26.2 Å². The molecule has 0 aliphatic carbocycles. The van der Waals surface area contributed by atoms with Gasteiger partial charge in [-0.05, 0) is 31.4 Å². The van der Waals surface area contributed by atoms with E-state index in [2.05, 4.69) is 11.1 Å². The zero-order valence-corrected chi connectivity index (χ0v) is 9.88. The lowest BCUT2D eigenvalue weighted by atomic mass is 10.2. The van der Waals surface area contributed by atoms with Crippen LogP contribution in [0, 0.1) is 6.92 Å². The molecule has 1 aromatic heterocycles. The van der Waals surface area contributed by atoms with Crippen molar-refractivity contribution in [3.05, 3.63) is 28.8 Å². The average Bonchev–Trinajstić information content (AvgIpc) is 2.61. The Morgan fingerprint density at radius 2 is 2.31 bits per heavy atom. The molecule has 4 heteroatoms. The van der Waals surface area contributed by atoms with E-state index in [9.17, 15) is 4.79 Å². The van der Waals surface area contributed by atoms with Crippen LogP contribution < -0.4 is 0 Å². The second-order valence-electron chi connectivity index (χ2n) is 3.78. The predicted octanol–water partition coefficient (Wildman–Crippen LogP) is 3.01. The van der Waals surface area contributed by atoms with Crippen LogP contribution in [0.15, 0.2) is 18.2 Å². The normalized spacial score (nSPS) is 10.8. The third-order valence-electron chi connectivity index (χ3n) is 2.45. The maximum absolute atomic E-state index is 10.4. The minimum Gasteiger partial charge on any atom is -0.481 e. The summed E-state index contributed by atoms with van der Waals surface area (Å²) in [5, 5.41) is 9.59. The highest BCUT2D eigenvalue weighted by Gasteiger charge is 2.06. The Balaban J connectivity index is 2.14. The van der Waals surface area contributed by atoms with E-state index in [1.807, 2.05) is 19.1 Å². The van der Waals surface area contributed by atoms with Gasteiger partial charge in [-0.25, -0.2) is 4.98 Å². The van der Waals surface area contributed by atoms with E-state index in [4.69, 9.17) is 5.11 Å². The molecule has 0 fully saturated rings. The topological polar surface area (TPSA) is 50.2 Å². The molecule has 1 aromatic carbocycles. The Hall–Kier alpha value is -1.42. The molecule has 1 N–H and O–H groups in total. The van der Waals surface area contributed by atoms with Gasteiger partial charge in [-0.2, -0.15) is 0 Å². The van der Waals surface area contributed by atoms with Crippen molar-refractivity contribution >= 4 is 27.5 Å². The van der Waals surface area contributed by atoms with E-state index in [0.717, 1.165) is 16.9 Å². The number of aliphatic carboxylic acids is 1.